The first-order valence-corrected chi connectivity index (χ1v) is 3.88. The summed E-state index contributed by atoms with van der Waals surface area (Å²) in [6, 6.07) is 0. The van der Waals surface area contributed by atoms with Crippen LogP contribution in [0.2, 0.25) is 0 Å². The fraction of sp³-hybridized carbons (Fsp3) is 0.571. The van der Waals surface area contributed by atoms with Gasteiger partial charge in [-0.1, -0.05) is 0 Å². The zero-order valence-electron chi connectivity index (χ0n) is 6.86. The molecule has 0 aliphatic rings. The number of aromatic nitrogens is 2. The van der Waals surface area contributed by atoms with Crippen LogP contribution >= 0.6 is 0 Å². The number of alkyl halides is 3. The average Bonchev–Trinajstić information content (AvgIpc) is 2.48. The zero-order valence-corrected chi connectivity index (χ0v) is 6.86. The molecule has 0 saturated heterocycles. The minimum absolute atomic E-state index is 0.0597. The number of hydrogen-bond donors (Lipinski definition) is 2. The van der Waals surface area contributed by atoms with E-state index in [4.69, 9.17) is 0 Å². The van der Waals surface area contributed by atoms with Crippen LogP contribution in [-0.2, 0) is 0 Å². The van der Waals surface area contributed by atoms with Crippen molar-refractivity contribution in [1.82, 2.24) is 9.97 Å². The largest absolute Gasteiger partial charge is 0.389 e. The first-order valence-electron chi connectivity index (χ1n) is 3.88. The fourth-order valence-corrected chi connectivity index (χ4v) is 0.858. The monoisotopic (exact) mass is 193 g/mol. The van der Waals surface area contributed by atoms with Crippen molar-refractivity contribution in [3.05, 3.63) is 12.4 Å². The van der Waals surface area contributed by atoms with Crippen LogP contribution in [0.1, 0.15) is 12.8 Å². The number of H-pyrrole nitrogens is 1. The van der Waals surface area contributed by atoms with Crippen LogP contribution in [0.25, 0.3) is 0 Å². The Morgan fingerprint density at radius 1 is 1.46 bits per heavy atom. The summed E-state index contributed by atoms with van der Waals surface area (Å²) in [6.45, 7) is 0.271. The first-order chi connectivity index (χ1) is 6.08. The van der Waals surface area contributed by atoms with E-state index in [2.05, 4.69) is 15.3 Å². The molecule has 0 amide bonds. The maximum absolute atomic E-state index is 11.7. The second kappa shape index (κ2) is 4.15. The minimum atomic E-state index is -4.06. The number of rotatable bonds is 4. The number of nitrogens with one attached hydrogen (secondary N) is 2. The molecule has 3 nitrogen and oxygen atoms in total. The van der Waals surface area contributed by atoms with Crippen LogP contribution in [0.3, 0.4) is 0 Å². The molecule has 0 aliphatic carbocycles. The summed E-state index contributed by atoms with van der Waals surface area (Å²) in [5.74, 6) is 0.502. The summed E-state index contributed by atoms with van der Waals surface area (Å²) in [5, 5.41) is 2.73. The van der Waals surface area contributed by atoms with Gasteiger partial charge in [0.05, 0.1) is 0 Å². The molecule has 0 unspecified atom stereocenters. The molecule has 0 spiro atoms. The molecule has 0 fully saturated rings. The Hall–Kier alpha value is -1.20. The third kappa shape index (κ3) is 4.39. The summed E-state index contributed by atoms with van der Waals surface area (Å²) in [6.07, 6.45) is -1.63. The average molecular weight is 193 g/mol. The van der Waals surface area contributed by atoms with Crippen molar-refractivity contribution in [2.45, 2.75) is 19.0 Å². The Morgan fingerprint density at radius 3 is 2.77 bits per heavy atom. The van der Waals surface area contributed by atoms with E-state index < -0.39 is 12.6 Å². The van der Waals surface area contributed by atoms with Crippen molar-refractivity contribution >= 4 is 5.95 Å². The predicted octanol–water partition coefficient (Wildman–Crippen LogP) is 2.16. The highest BCUT2D eigenvalue weighted by atomic mass is 19.4. The molecule has 13 heavy (non-hydrogen) atoms. The molecular formula is C7H10F3N3. The Morgan fingerprint density at radius 2 is 2.23 bits per heavy atom. The van der Waals surface area contributed by atoms with Crippen LogP contribution in [-0.4, -0.2) is 22.7 Å². The van der Waals surface area contributed by atoms with Crippen molar-refractivity contribution in [3.8, 4) is 0 Å². The number of hydrogen-bond acceptors (Lipinski definition) is 2. The van der Waals surface area contributed by atoms with Gasteiger partial charge in [-0.2, -0.15) is 13.2 Å². The smallest absolute Gasteiger partial charge is 0.356 e. The number of aromatic amines is 1. The van der Waals surface area contributed by atoms with Gasteiger partial charge in [0, 0.05) is 25.4 Å². The van der Waals surface area contributed by atoms with Gasteiger partial charge >= 0.3 is 6.18 Å². The third-order valence-corrected chi connectivity index (χ3v) is 1.43. The highest BCUT2D eigenvalue weighted by molar-refractivity contribution is 5.22. The number of nitrogens with zero attached hydrogens (tertiary/aromatic N) is 1. The molecule has 2 N–H and O–H groups in total. The van der Waals surface area contributed by atoms with Gasteiger partial charge in [-0.3, -0.25) is 0 Å². The van der Waals surface area contributed by atoms with Crippen molar-refractivity contribution in [3.63, 3.8) is 0 Å². The molecule has 0 atom stereocenters. The summed E-state index contributed by atoms with van der Waals surface area (Å²) >= 11 is 0. The highest BCUT2D eigenvalue weighted by Gasteiger charge is 2.25. The maximum Gasteiger partial charge on any atom is 0.389 e. The standard InChI is InChI=1S/C7H10F3N3/c8-7(9,10)2-1-3-11-6-12-4-5-13-6/h4-5H,1-3H2,(H2,11,12,13). The second-order valence-electron chi connectivity index (χ2n) is 2.58. The Bertz CT molecular complexity index is 230. The van der Waals surface area contributed by atoms with E-state index >= 15 is 0 Å². The fourth-order valence-electron chi connectivity index (χ4n) is 0.858. The lowest BCUT2D eigenvalue weighted by molar-refractivity contribution is -0.134. The van der Waals surface area contributed by atoms with Crippen molar-refractivity contribution < 1.29 is 13.2 Å². The van der Waals surface area contributed by atoms with Gasteiger partial charge in [-0.25, -0.2) is 4.98 Å². The Kier molecular flexibility index (Phi) is 3.16. The molecule has 74 valence electrons. The van der Waals surface area contributed by atoms with E-state index in [0.717, 1.165) is 0 Å². The molecule has 1 rings (SSSR count). The molecular weight excluding hydrogens is 183 g/mol. The quantitative estimate of drug-likeness (QED) is 0.719. The van der Waals surface area contributed by atoms with Gasteiger partial charge < -0.3 is 10.3 Å². The molecule has 6 heteroatoms. The normalized spacial score (nSPS) is 11.6. The molecule has 0 aliphatic heterocycles. The van der Waals surface area contributed by atoms with E-state index in [0.29, 0.717) is 5.95 Å². The highest BCUT2D eigenvalue weighted by Crippen LogP contribution is 2.20. The lowest BCUT2D eigenvalue weighted by Gasteiger charge is -2.05. The van der Waals surface area contributed by atoms with Crippen molar-refractivity contribution in [1.29, 1.82) is 0 Å². The first kappa shape index (κ1) is 9.88. The maximum atomic E-state index is 11.7. The predicted molar refractivity (Wildman–Crippen MR) is 42.4 cm³/mol. The van der Waals surface area contributed by atoms with Gasteiger partial charge in [0.25, 0.3) is 0 Å². The van der Waals surface area contributed by atoms with E-state index in [1.807, 2.05) is 0 Å². The van der Waals surface area contributed by atoms with Crippen molar-refractivity contribution in [2.75, 3.05) is 11.9 Å². The van der Waals surface area contributed by atoms with Crippen molar-refractivity contribution in [2.24, 2.45) is 0 Å². The van der Waals surface area contributed by atoms with Gasteiger partial charge in [0.2, 0.25) is 0 Å². The van der Waals surface area contributed by atoms with E-state index in [1.165, 1.54) is 6.20 Å². The Labute approximate surface area is 73.4 Å². The molecule has 1 aromatic heterocycles. The van der Waals surface area contributed by atoms with Gasteiger partial charge in [0.1, 0.15) is 0 Å². The van der Waals surface area contributed by atoms with Crippen LogP contribution in [0.5, 0.6) is 0 Å². The van der Waals surface area contributed by atoms with E-state index in [-0.39, 0.29) is 13.0 Å². The molecule has 0 bridgehead atoms. The molecule has 0 radical (unpaired) electrons. The van der Waals surface area contributed by atoms with Crippen LogP contribution in [0.15, 0.2) is 12.4 Å². The minimum Gasteiger partial charge on any atom is -0.356 e. The molecule has 1 aromatic rings. The lowest BCUT2D eigenvalue weighted by Crippen LogP contribution is -2.11. The Balaban J connectivity index is 2.09. The summed E-state index contributed by atoms with van der Waals surface area (Å²) < 4.78 is 35.0. The van der Waals surface area contributed by atoms with Crippen LogP contribution < -0.4 is 5.32 Å². The molecule has 0 aromatic carbocycles. The summed E-state index contributed by atoms with van der Waals surface area (Å²) in [7, 11) is 0. The molecule has 1 heterocycles. The summed E-state index contributed by atoms with van der Waals surface area (Å²) in [5.41, 5.74) is 0. The third-order valence-electron chi connectivity index (χ3n) is 1.43. The van der Waals surface area contributed by atoms with Gasteiger partial charge in [-0.05, 0) is 6.42 Å². The number of anilines is 1. The van der Waals surface area contributed by atoms with Gasteiger partial charge in [0.15, 0.2) is 5.95 Å². The zero-order chi connectivity index (χ0) is 9.73. The lowest BCUT2D eigenvalue weighted by atomic mass is 10.3. The number of imidazole rings is 1. The second-order valence-corrected chi connectivity index (χ2v) is 2.58. The number of halogens is 3. The molecule has 0 saturated carbocycles. The van der Waals surface area contributed by atoms with Crippen LogP contribution in [0, 0.1) is 0 Å². The van der Waals surface area contributed by atoms with E-state index in [9.17, 15) is 13.2 Å². The topological polar surface area (TPSA) is 40.7 Å². The van der Waals surface area contributed by atoms with Gasteiger partial charge in [-0.15, -0.1) is 0 Å². The SMILES string of the molecule is FC(F)(F)CCCNc1ncc[nH]1. The summed E-state index contributed by atoms with van der Waals surface area (Å²) in [4.78, 5) is 6.53. The van der Waals surface area contributed by atoms with E-state index in [1.54, 1.807) is 6.20 Å². The van der Waals surface area contributed by atoms with Crippen LogP contribution in [0.4, 0.5) is 19.1 Å².